The van der Waals surface area contributed by atoms with Crippen LogP contribution in [0.25, 0.3) is 0 Å². The zero-order valence-corrected chi connectivity index (χ0v) is 10.9. The molecule has 0 radical (unpaired) electrons. The average molecular weight is 279 g/mol. The van der Waals surface area contributed by atoms with E-state index in [0.29, 0.717) is 5.69 Å². The Hall–Kier alpha value is -0.840. The summed E-state index contributed by atoms with van der Waals surface area (Å²) in [5, 5.41) is 2.24. The summed E-state index contributed by atoms with van der Waals surface area (Å²) in [7, 11) is 0. The van der Waals surface area contributed by atoms with Crippen LogP contribution in [-0.2, 0) is 4.79 Å². The van der Waals surface area contributed by atoms with Crippen LogP contribution in [0.4, 0.5) is 10.1 Å². The Balaban J connectivity index is 2.86. The van der Waals surface area contributed by atoms with E-state index in [1.54, 1.807) is 0 Å². The summed E-state index contributed by atoms with van der Waals surface area (Å²) < 4.78 is 13.1. The van der Waals surface area contributed by atoms with Gasteiger partial charge in [0.15, 0.2) is 5.82 Å². The fourth-order valence-corrected chi connectivity index (χ4v) is 1.64. The number of carbonyl (C=O) groups excluding carboxylic acids is 1. The Morgan fingerprint density at radius 1 is 1.35 bits per heavy atom. The van der Waals surface area contributed by atoms with Crippen molar-refractivity contribution < 1.29 is 9.18 Å². The Morgan fingerprint density at radius 3 is 2.24 bits per heavy atom. The van der Waals surface area contributed by atoms with Crippen LogP contribution in [-0.4, -0.2) is 11.9 Å². The molecule has 0 aromatic heterocycles. The van der Waals surface area contributed by atoms with Crippen molar-refractivity contribution in [3.05, 3.63) is 28.0 Å². The van der Waals surface area contributed by atoms with Gasteiger partial charge in [-0.1, -0.05) is 37.0 Å². The van der Waals surface area contributed by atoms with Crippen LogP contribution in [0, 0.1) is 11.7 Å². The van der Waals surface area contributed by atoms with Crippen molar-refractivity contribution in [2.45, 2.75) is 19.9 Å². The number of amides is 1. The smallest absolute Gasteiger partial charge is 0.241 e. The first kappa shape index (κ1) is 14.2. The molecule has 3 nitrogen and oxygen atoms in total. The van der Waals surface area contributed by atoms with Crippen molar-refractivity contribution >= 4 is 34.8 Å². The second kappa shape index (κ2) is 5.67. The molecule has 0 aliphatic heterocycles. The van der Waals surface area contributed by atoms with Gasteiger partial charge >= 0.3 is 0 Å². The highest BCUT2D eigenvalue weighted by Crippen LogP contribution is 2.27. The standard InChI is InChI=1S/C11H13Cl2FN2O/c1-5(2)10(15)11(17)16-6-3-7(12)9(14)8(13)4-6/h3-5,10H,15H2,1-2H3,(H,16,17). The largest absolute Gasteiger partial charge is 0.325 e. The number of carbonyl (C=O) groups is 1. The van der Waals surface area contributed by atoms with Gasteiger partial charge in [-0.25, -0.2) is 4.39 Å². The molecule has 1 rings (SSSR count). The van der Waals surface area contributed by atoms with E-state index in [9.17, 15) is 9.18 Å². The van der Waals surface area contributed by atoms with Gasteiger partial charge < -0.3 is 11.1 Å². The maximum absolute atomic E-state index is 13.1. The summed E-state index contributed by atoms with van der Waals surface area (Å²) in [6.07, 6.45) is 0. The lowest BCUT2D eigenvalue weighted by Gasteiger charge is -2.15. The van der Waals surface area contributed by atoms with Gasteiger partial charge in [0.1, 0.15) is 0 Å². The molecule has 0 fully saturated rings. The molecular formula is C11H13Cl2FN2O. The number of rotatable bonds is 3. The molecule has 0 aliphatic rings. The van der Waals surface area contributed by atoms with E-state index in [4.69, 9.17) is 28.9 Å². The van der Waals surface area contributed by atoms with Crippen LogP contribution in [0.1, 0.15) is 13.8 Å². The molecule has 0 aliphatic carbocycles. The van der Waals surface area contributed by atoms with Gasteiger partial charge in [-0.15, -0.1) is 0 Å². The van der Waals surface area contributed by atoms with Crippen molar-refractivity contribution in [1.82, 2.24) is 0 Å². The monoisotopic (exact) mass is 278 g/mol. The molecule has 17 heavy (non-hydrogen) atoms. The minimum atomic E-state index is -0.709. The van der Waals surface area contributed by atoms with E-state index in [-0.39, 0.29) is 21.9 Å². The molecule has 0 bridgehead atoms. The van der Waals surface area contributed by atoms with Crippen molar-refractivity contribution in [3.8, 4) is 0 Å². The van der Waals surface area contributed by atoms with Gasteiger partial charge in [-0.05, 0) is 18.1 Å². The molecule has 1 amide bonds. The van der Waals surface area contributed by atoms with Gasteiger partial charge in [-0.3, -0.25) is 4.79 Å². The first-order chi connectivity index (χ1) is 7.82. The molecule has 1 unspecified atom stereocenters. The molecule has 1 atom stereocenters. The molecule has 1 aromatic carbocycles. The number of hydrogen-bond acceptors (Lipinski definition) is 2. The fraction of sp³-hybridized carbons (Fsp3) is 0.364. The number of halogens is 3. The van der Waals surface area contributed by atoms with Gasteiger partial charge in [0, 0.05) is 5.69 Å². The highest BCUT2D eigenvalue weighted by Gasteiger charge is 2.18. The van der Waals surface area contributed by atoms with Crippen LogP contribution >= 0.6 is 23.2 Å². The average Bonchev–Trinajstić information content (AvgIpc) is 2.24. The summed E-state index contributed by atoms with van der Waals surface area (Å²) >= 11 is 11.2. The quantitative estimate of drug-likeness (QED) is 0.835. The van der Waals surface area contributed by atoms with Gasteiger partial charge in [0.05, 0.1) is 16.1 Å². The van der Waals surface area contributed by atoms with Crippen LogP contribution in [0.15, 0.2) is 12.1 Å². The van der Waals surface area contributed by atoms with Crippen LogP contribution < -0.4 is 11.1 Å². The molecule has 6 heteroatoms. The second-order valence-electron chi connectivity index (χ2n) is 4.01. The minimum absolute atomic E-state index is 0.00129. The third-order valence-electron chi connectivity index (χ3n) is 2.27. The zero-order valence-electron chi connectivity index (χ0n) is 9.43. The zero-order chi connectivity index (χ0) is 13.2. The predicted molar refractivity (Wildman–Crippen MR) is 67.9 cm³/mol. The van der Waals surface area contributed by atoms with E-state index in [2.05, 4.69) is 5.32 Å². The molecule has 0 saturated heterocycles. The molecule has 0 saturated carbocycles. The van der Waals surface area contributed by atoms with Gasteiger partial charge in [-0.2, -0.15) is 0 Å². The van der Waals surface area contributed by atoms with Crippen molar-refractivity contribution in [3.63, 3.8) is 0 Å². The Kier molecular flexibility index (Phi) is 4.74. The van der Waals surface area contributed by atoms with Crippen LogP contribution in [0.2, 0.25) is 10.0 Å². The second-order valence-corrected chi connectivity index (χ2v) is 4.83. The lowest BCUT2D eigenvalue weighted by atomic mass is 10.1. The van der Waals surface area contributed by atoms with E-state index >= 15 is 0 Å². The molecule has 0 spiro atoms. The molecule has 0 heterocycles. The molecule has 1 aromatic rings. The lowest BCUT2D eigenvalue weighted by molar-refractivity contribution is -0.118. The molecule has 94 valence electrons. The SMILES string of the molecule is CC(C)C(N)C(=O)Nc1cc(Cl)c(F)c(Cl)c1. The van der Waals surface area contributed by atoms with E-state index < -0.39 is 11.9 Å². The molecular weight excluding hydrogens is 266 g/mol. The van der Waals surface area contributed by atoms with Crippen molar-refractivity contribution in [1.29, 1.82) is 0 Å². The van der Waals surface area contributed by atoms with Gasteiger partial charge in [0.25, 0.3) is 0 Å². The number of benzene rings is 1. The lowest BCUT2D eigenvalue weighted by Crippen LogP contribution is -2.39. The Morgan fingerprint density at radius 2 is 1.82 bits per heavy atom. The van der Waals surface area contributed by atoms with E-state index in [1.165, 1.54) is 12.1 Å². The summed E-state index contributed by atoms with van der Waals surface area (Å²) in [4.78, 5) is 11.6. The summed E-state index contributed by atoms with van der Waals surface area (Å²) in [5.74, 6) is -1.07. The number of hydrogen-bond donors (Lipinski definition) is 2. The Labute approximate surface area is 109 Å². The third-order valence-corrected chi connectivity index (χ3v) is 2.82. The number of nitrogens with two attached hydrogens (primary N) is 1. The number of anilines is 1. The van der Waals surface area contributed by atoms with Gasteiger partial charge in [0.2, 0.25) is 5.91 Å². The minimum Gasteiger partial charge on any atom is -0.325 e. The van der Waals surface area contributed by atoms with Crippen LogP contribution in [0.3, 0.4) is 0 Å². The first-order valence-electron chi connectivity index (χ1n) is 5.04. The maximum atomic E-state index is 13.1. The number of nitrogens with one attached hydrogen (secondary N) is 1. The summed E-state index contributed by atoms with van der Waals surface area (Å²) in [5.41, 5.74) is 5.98. The predicted octanol–water partition coefficient (Wildman–Crippen LogP) is 3.05. The third kappa shape index (κ3) is 3.56. The van der Waals surface area contributed by atoms with Crippen LogP contribution in [0.5, 0.6) is 0 Å². The summed E-state index contributed by atoms with van der Waals surface area (Å²) in [6, 6.07) is 1.93. The van der Waals surface area contributed by atoms with E-state index in [1.807, 2.05) is 13.8 Å². The fourth-order valence-electron chi connectivity index (χ4n) is 1.16. The highest BCUT2D eigenvalue weighted by molar-refractivity contribution is 6.35. The Bertz CT molecular complexity index is 414. The molecule has 3 N–H and O–H groups in total. The van der Waals surface area contributed by atoms with Crippen molar-refractivity contribution in [2.75, 3.05) is 5.32 Å². The summed E-state index contributed by atoms with van der Waals surface area (Å²) in [6.45, 7) is 3.66. The first-order valence-corrected chi connectivity index (χ1v) is 5.79. The topological polar surface area (TPSA) is 55.1 Å². The maximum Gasteiger partial charge on any atom is 0.241 e. The normalized spacial score (nSPS) is 12.6. The highest BCUT2D eigenvalue weighted by atomic mass is 35.5. The van der Waals surface area contributed by atoms with E-state index in [0.717, 1.165) is 0 Å². The van der Waals surface area contributed by atoms with Crippen molar-refractivity contribution in [2.24, 2.45) is 11.7 Å².